The molecule has 1 saturated heterocycles. The van der Waals surface area contributed by atoms with E-state index in [4.69, 9.17) is 4.74 Å². The SMILES string of the molecule is CC(=O)Nc1ccc(S(=O)(=O)N[C@@H](C)C(=O)NCC2CN(Cc3ccccc3)CCO2)cc1. The summed E-state index contributed by atoms with van der Waals surface area (Å²) in [4.78, 5) is 25.9. The van der Waals surface area contributed by atoms with E-state index >= 15 is 0 Å². The van der Waals surface area contributed by atoms with Crippen molar-refractivity contribution in [1.29, 1.82) is 0 Å². The second kappa shape index (κ2) is 11.4. The van der Waals surface area contributed by atoms with E-state index in [-0.39, 0.29) is 16.9 Å². The van der Waals surface area contributed by atoms with E-state index in [2.05, 4.69) is 32.4 Å². The maximum absolute atomic E-state index is 12.6. The molecule has 10 heteroatoms. The number of hydrogen-bond donors (Lipinski definition) is 3. The predicted molar refractivity (Wildman–Crippen MR) is 125 cm³/mol. The number of rotatable bonds is 9. The Hall–Kier alpha value is -2.79. The number of benzene rings is 2. The molecule has 0 aromatic heterocycles. The molecular weight excluding hydrogens is 444 g/mol. The standard InChI is InChI=1S/C23H30N4O5S/c1-17(26-33(30,31)22-10-8-20(9-11-22)25-18(2)28)23(29)24-14-21-16-27(12-13-32-21)15-19-6-4-3-5-7-19/h3-11,17,21,26H,12-16H2,1-2H3,(H,24,29)(H,25,28)/t17-,21?/m0/s1. The Morgan fingerprint density at radius 1 is 1.12 bits per heavy atom. The lowest BCUT2D eigenvalue weighted by molar-refractivity contribution is -0.123. The number of nitrogens with zero attached hydrogens (tertiary/aromatic N) is 1. The monoisotopic (exact) mass is 474 g/mol. The Morgan fingerprint density at radius 2 is 1.82 bits per heavy atom. The summed E-state index contributed by atoms with van der Waals surface area (Å²) in [5, 5.41) is 5.35. The summed E-state index contributed by atoms with van der Waals surface area (Å²) in [6.45, 7) is 6.02. The van der Waals surface area contributed by atoms with Gasteiger partial charge in [0.15, 0.2) is 0 Å². The maximum atomic E-state index is 12.6. The molecule has 3 N–H and O–H groups in total. The number of ether oxygens (including phenoxy) is 1. The van der Waals surface area contributed by atoms with Crippen molar-refractivity contribution in [2.75, 3.05) is 31.6 Å². The van der Waals surface area contributed by atoms with E-state index in [1.807, 2.05) is 18.2 Å². The van der Waals surface area contributed by atoms with E-state index in [0.29, 0.717) is 25.4 Å². The molecule has 0 aliphatic carbocycles. The van der Waals surface area contributed by atoms with Crippen LogP contribution in [0.3, 0.4) is 0 Å². The molecule has 1 aliphatic heterocycles. The van der Waals surface area contributed by atoms with Gasteiger partial charge in [-0.25, -0.2) is 8.42 Å². The lowest BCUT2D eigenvalue weighted by Crippen LogP contribution is -2.50. The highest BCUT2D eigenvalue weighted by molar-refractivity contribution is 7.89. The van der Waals surface area contributed by atoms with Crippen LogP contribution < -0.4 is 15.4 Å². The van der Waals surface area contributed by atoms with Crippen LogP contribution in [0, 0.1) is 0 Å². The molecule has 0 spiro atoms. The Labute approximate surface area is 194 Å². The molecule has 1 unspecified atom stereocenters. The summed E-state index contributed by atoms with van der Waals surface area (Å²) in [5.41, 5.74) is 1.70. The van der Waals surface area contributed by atoms with E-state index in [1.165, 1.54) is 43.7 Å². The summed E-state index contributed by atoms with van der Waals surface area (Å²) in [6.07, 6.45) is -0.170. The van der Waals surface area contributed by atoms with Crippen molar-refractivity contribution in [2.45, 2.75) is 37.4 Å². The number of morpholine rings is 1. The van der Waals surface area contributed by atoms with Crippen molar-refractivity contribution in [1.82, 2.24) is 14.9 Å². The van der Waals surface area contributed by atoms with Crippen LogP contribution in [0.2, 0.25) is 0 Å². The summed E-state index contributed by atoms with van der Waals surface area (Å²) in [6, 6.07) is 14.9. The first-order valence-electron chi connectivity index (χ1n) is 10.8. The fourth-order valence-electron chi connectivity index (χ4n) is 3.53. The molecule has 1 heterocycles. The summed E-state index contributed by atoms with van der Waals surface area (Å²) in [7, 11) is -3.90. The Morgan fingerprint density at radius 3 is 2.48 bits per heavy atom. The fraction of sp³-hybridized carbons (Fsp3) is 0.391. The zero-order valence-electron chi connectivity index (χ0n) is 18.8. The normalized spacial score (nSPS) is 17.8. The van der Waals surface area contributed by atoms with Gasteiger partial charge in [0.25, 0.3) is 0 Å². The molecule has 2 atom stereocenters. The Balaban J connectivity index is 1.48. The van der Waals surface area contributed by atoms with Crippen molar-refractivity contribution in [3.63, 3.8) is 0 Å². The lowest BCUT2D eigenvalue weighted by atomic mass is 10.2. The van der Waals surface area contributed by atoms with Gasteiger partial charge in [0.2, 0.25) is 21.8 Å². The molecule has 178 valence electrons. The average molecular weight is 475 g/mol. The van der Waals surface area contributed by atoms with Gasteiger partial charge in [-0.05, 0) is 36.8 Å². The molecule has 3 rings (SSSR count). The molecule has 2 aromatic rings. The van der Waals surface area contributed by atoms with E-state index in [0.717, 1.165) is 13.1 Å². The maximum Gasteiger partial charge on any atom is 0.241 e. The highest BCUT2D eigenvalue weighted by atomic mass is 32.2. The van der Waals surface area contributed by atoms with Crippen LogP contribution in [0.15, 0.2) is 59.5 Å². The number of carbonyl (C=O) groups is 2. The number of amides is 2. The van der Waals surface area contributed by atoms with Gasteiger partial charge in [-0.1, -0.05) is 30.3 Å². The van der Waals surface area contributed by atoms with Gasteiger partial charge in [-0.3, -0.25) is 14.5 Å². The Kier molecular flexibility index (Phi) is 8.56. The Bertz CT molecular complexity index is 1040. The summed E-state index contributed by atoms with van der Waals surface area (Å²) in [5.74, 6) is -0.684. The second-order valence-corrected chi connectivity index (χ2v) is 9.72. The highest BCUT2D eigenvalue weighted by Gasteiger charge is 2.25. The molecule has 1 aliphatic rings. The minimum Gasteiger partial charge on any atom is -0.374 e. The number of sulfonamides is 1. The molecule has 33 heavy (non-hydrogen) atoms. The summed E-state index contributed by atoms with van der Waals surface area (Å²) >= 11 is 0. The first-order valence-corrected chi connectivity index (χ1v) is 12.3. The third-order valence-corrected chi connectivity index (χ3v) is 6.74. The zero-order chi connectivity index (χ0) is 23.8. The molecule has 9 nitrogen and oxygen atoms in total. The number of anilines is 1. The van der Waals surface area contributed by atoms with E-state index < -0.39 is 22.0 Å². The van der Waals surface area contributed by atoms with Gasteiger partial charge in [0, 0.05) is 38.8 Å². The fourth-order valence-corrected chi connectivity index (χ4v) is 4.73. The van der Waals surface area contributed by atoms with Gasteiger partial charge in [0.05, 0.1) is 23.6 Å². The van der Waals surface area contributed by atoms with E-state index in [1.54, 1.807) is 0 Å². The molecule has 1 fully saturated rings. The topological polar surface area (TPSA) is 117 Å². The number of nitrogens with one attached hydrogen (secondary N) is 3. The first kappa shape index (κ1) is 24.8. The quantitative estimate of drug-likeness (QED) is 0.505. The van der Waals surface area contributed by atoms with Crippen molar-refractivity contribution < 1.29 is 22.7 Å². The van der Waals surface area contributed by atoms with Gasteiger partial charge in [-0.2, -0.15) is 4.72 Å². The first-order chi connectivity index (χ1) is 15.7. The molecular formula is C23H30N4O5S. The van der Waals surface area contributed by atoms with Crippen LogP contribution >= 0.6 is 0 Å². The zero-order valence-corrected chi connectivity index (χ0v) is 19.6. The smallest absolute Gasteiger partial charge is 0.241 e. The average Bonchev–Trinajstić information content (AvgIpc) is 2.78. The summed E-state index contributed by atoms with van der Waals surface area (Å²) < 4.78 is 33.3. The molecule has 0 saturated carbocycles. The van der Waals surface area contributed by atoms with Crippen LogP contribution in [0.4, 0.5) is 5.69 Å². The molecule has 0 bridgehead atoms. The third kappa shape index (κ3) is 7.64. The molecule has 2 amide bonds. The number of carbonyl (C=O) groups excluding carboxylic acids is 2. The van der Waals surface area contributed by atoms with Crippen LogP contribution in [0.5, 0.6) is 0 Å². The molecule has 0 radical (unpaired) electrons. The minimum absolute atomic E-state index is 0.00317. The van der Waals surface area contributed by atoms with Gasteiger partial charge in [0.1, 0.15) is 0 Å². The van der Waals surface area contributed by atoms with Crippen molar-refractivity contribution >= 4 is 27.5 Å². The third-order valence-electron chi connectivity index (χ3n) is 5.19. The highest BCUT2D eigenvalue weighted by Crippen LogP contribution is 2.15. The van der Waals surface area contributed by atoms with Crippen LogP contribution in [-0.2, 0) is 30.9 Å². The number of hydrogen-bond acceptors (Lipinski definition) is 6. The lowest BCUT2D eigenvalue weighted by Gasteiger charge is -2.33. The van der Waals surface area contributed by atoms with E-state index in [9.17, 15) is 18.0 Å². The van der Waals surface area contributed by atoms with Crippen molar-refractivity contribution in [2.24, 2.45) is 0 Å². The van der Waals surface area contributed by atoms with Gasteiger partial charge < -0.3 is 15.4 Å². The largest absolute Gasteiger partial charge is 0.374 e. The molecule has 2 aromatic carbocycles. The van der Waals surface area contributed by atoms with Crippen molar-refractivity contribution in [3.05, 3.63) is 60.2 Å². The minimum atomic E-state index is -3.90. The second-order valence-electron chi connectivity index (χ2n) is 8.01. The van der Waals surface area contributed by atoms with Crippen LogP contribution in [0.1, 0.15) is 19.4 Å². The van der Waals surface area contributed by atoms with Crippen LogP contribution in [-0.4, -0.2) is 63.5 Å². The van der Waals surface area contributed by atoms with Gasteiger partial charge >= 0.3 is 0 Å². The van der Waals surface area contributed by atoms with Crippen molar-refractivity contribution in [3.8, 4) is 0 Å². The predicted octanol–water partition coefficient (Wildman–Crippen LogP) is 1.33. The van der Waals surface area contributed by atoms with Gasteiger partial charge in [-0.15, -0.1) is 0 Å². The van der Waals surface area contributed by atoms with Crippen LogP contribution in [0.25, 0.3) is 0 Å².